The number of thiazole rings is 2. The number of hydrogen-bond donors (Lipinski definition) is 3. The molecule has 0 aliphatic heterocycles. The van der Waals surface area contributed by atoms with E-state index in [1.165, 1.54) is 41.0 Å². The van der Waals surface area contributed by atoms with E-state index < -0.39 is 48.3 Å². The summed E-state index contributed by atoms with van der Waals surface area (Å²) in [5, 5.41) is 10.5. The Hall–Kier alpha value is -6.50. The van der Waals surface area contributed by atoms with E-state index in [1.807, 2.05) is 59.3 Å². The molecule has 4 aromatic carbocycles. The molecule has 0 bridgehead atoms. The van der Waals surface area contributed by atoms with Crippen molar-refractivity contribution in [3.63, 3.8) is 0 Å². The lowest BCUT2D eigenvalue weighted by atomic mass is 9.97. The first-order valence-electron chi connectivity index (χ1n) is 19.4. The van der Waals surface area contributed by atoms with Gasteiger partial charge in [-0.05, 0) is 65.8 Å². The maximum Gasteiger partial charge on any atom is 0.341 e. The van der Waals surface area contributed by atoms with E-state index in [4.69, 9.17) is 48.0 Å². The van der Waals surface area contributed by atoms with E-state index in [1.54, 1.807) is 77.9 Å². The molecule has 0 unspecified atom stereocenters. The van der Waals surface area contributed by atoms with Gasteiger partial charge in [-0.25, -0.2) is 25.4 Å². The van der Waals surface area contributed by atoms with Crippen molar-refractivity contribution in [1.29, 1.82) is 0 Å². The molecule has 19 heteroatoms. The number of hydrogen-bond acceptors (Lipinski definition) is 17. The molecule has 348 valence electrons. The second-order valence-electron chi connectivity index (χ2n) is 15.3. The summed E-state index contributed by atoms with van der Waals surface area (Å²) in [7, 11) is 0. The highest BCUT2D eigenvalue weighted by Gasteiger charge is 2.25. The lowest BCUT2D eigenvalue weighted by Gasteiger charge is -2.16. The van der Waals surface area contributed by atoms with Gasteiger partial charge in [0.15, 0.2) is 11.4 Å². The summed E-state index contributed by atoms with van der Waals surface area (Å²) in [6.45, 7) is 9.31. The van der Waals surface area contributed by atoms with Crippen LogP contribution in [0, 0.1) is 10.8 Å². The molecule has 0 atom stereocenters. The van der Waals surface area contributed by atoms with Crippen LogP contribution in [0.2, 0.25) is 10.0 Å². The SMILES string of the molecule is C.CC(C)(C)C(=O)OCOC(=O)c1ccccc1/C=N/Nc1nc(-c2ccccc2Cl)cs1.CC(C)(C)C(=O)OCOC(=O)c1ccccc1C=O.NNc1nc(-c2ccccc2Cl)cs1. The van der Waals surface area contributed by atoms with Gasteiger partial charge >= 0.3 is 23.9 Å². The van der Waals surface area contributed by atoms with Crippen LogP contribution >= 0.6 is 45.9 Å². The van der Waals surface area contributed by atoms with E-state index in [2.05, 4.69) is 25.9 Å². The zero-order chi connectivity index (χ0) is 47.6. The molecule has 0 spiro atoms. The minimum absolute atomic E-state index is 0. The van der Waals surface area contributed by atoms with Crippen LogP contribution in [0.15, 0.2) is 113 Å². The Morgan fingerprint density at radius 3 is 1.48 bits per heavy atom. The summed E-state index contributed by atoms with van der Waals surface area (Å²) in [6, 6.07) is 28.1. The van der Waals surface area contributed by atoms with Gasteiger partial charge in [-0.1, -0.05) is 103 Å². The third kappa shape index (κ3) is 16.5. The Morgan fingerprint density at radius 1 is 0.636 bits per heavy atom. The number of aromatic nitrogens is 2. The van der Waals surface area contributed by atoms with Gasteiger partial charge in [0.05, 0.1) is 39.6 Å². The lowest BCUT2D eigenvalue weighted by molar-refractivity contribution is -0.162. The summed E-state index contributed by atoms with van der Waals surface area (Å²) in [5.41, 5.74) is 8.57. The standard InChI is InChI=1S/C23H22ClN3O4S.C14H16O5.C9H8ClN3S.CH4/c1-23(2,3)21(29)31-14-30-20(28)16-9-5-4-8-15(16)12-25-27-22-26-19(13-32-22)17-10-6-7-11-18(17)24;1-14(2,3)13(17)19-9-18-12(16)11-7-5-4-6-10(11)8-15;10-7-4-2-1-3-6(7)8-5-14-9(12-8)13-11;/h4-13H,14H2,1-3H3,(H,26,27);4-8H,9H2,1-3H3;1-5H,11H2,(H,12,13);1H4/b25-12+;;;. The number of ether oxygens (including phenoxy) is 4. The smallest absolute Gasteiger partial charge is 0.341 e. The summed E-state index contributed by atoms with van der Waals surface area (Å²) in [5.74, 6) is 3.00. The van der Waals surface area contributed by atoms with E-state index >= 15 is 0 Å². The summed E-state index contributed by atoms with van der Waals surface area (Å²) >= 11 is 15.1. The number of carbonyl (C=O) groups is 5. The minimum Gasteiger partial charge on any atom is -0.427 e. The third-order valence-corrected chi connectivity index (χ3v) is 10.4. The van der Waals surface area contributed by atoms with Crippen LogP contribution in [-0.4, -0.2) is 59.9 Å². The fourth-order valence-electron chi connectivity index (χ4n) is 4.85. The number of halogens is 2. The van der Waals surface area contributed by atoms with E-state index in [-0.39, 0.29) is 18.6 Å². The molecular formula is C47H50Cl2N6O9S2. The number of rotatable bonds is 13. The molecule has 66 heavy (non-hydrogen) atoms. The average molecular weight is 978 g/mol. The number of hydrazine groups is 1. The number of nitrogens with two attached hydrogens (primary N) is 1. The molecule has 0 fully saturated rings. The Kier molecular flexibility index (Phi) is 21.1. The Bertz CT molecular complexity index is 2600. The molecule has 0 saturated heterocycles. The highest BCUT2D eigenvalue weighted by molar-refractivity contribution is 7.14. The van der Waals surface area contributed by atoms with Crippen molar-refractivity contribution in [3.8, 4) is 22.5 Å². The number of carbonyl (C=O) groups excluding carboxylic acids is 5. The molecule has 0 radical (unpaired) electrons. The number of aldehydes is 1. The highest BCUT2D eigenvalue weighted by atomic mass is 35.5. The Labute approximate surface area is 401 Å². The first kappa shape index (κ1) is 53.8. The second kappa shape index (κ2) is 25.8. The van der Waals surface area contributed by atoms with Gasteiger partial charge in [0.2, 0.25) is 18.7 Å². The van der Waals surface area contributed by atoms with Gasteiger partial charge in [-0.3, -0.25) is 25.2 Å². The molecule has 4 N–H and O–H groups in total. The van der Waals surface area contributed by atoms with Crippen LogP contribution < -0.4 is 16.7 Å². The molecule has 15 nitrogen and oxygen atoms in total. The van der Waals surface area contributed by atoms with Crippen LogP contribution in [0.5, 0.6) is 0 Å². The van der Waals surface area contributed by atoms with Crippen molar-refractivity contribution in [2.24, 2.45) is 21.8 Å². The summed E-state index contributed by atoms with van der Waals surface area (Å²) in [4.78, 5) is 66.8. The first-order chi connectivity index (χ1) is 30.9. The van der Waals surface area contributed by atoms with Gasteiger partial charge in [-0.15, -0.1) is 22.7 Å². The minimum atomic E-state index is -0.704. The number of nitrogens with one attached hydrogen (secondary N) is 2. The molecule has 0 aliphatic carbocycles. The number of esters is 4. The molecule has 2 heterocycles. The number of anilines is 2. The van der Waals surface area contributed by atoms with Crippen LogP contribution in [0.3, 0.4) is 0 Å². The molecule has 2 aromatic heterocycles. The van der Waals surface area contributed by atoms with Crippen molar-refractivity contribution in [2.75, 3.05) is 24.4 Å². The number of hydrazone groups is 1. The van der Waals surface area contributed by atoms with Gasteiger partial charge < -0.3 is 18.9 Å². The molecule has 0 aliphatic rings. The van der Waals surface area contributed by atoms with Gasteiger partial charge in [0.1, 0.15) is 0 Å². The van der Waals surface area contributed by atoms with Crippen molar-refractivity contribution < 1.29 is 42.9 Å². The summed E-state index contributed by atoms with van der Waals surface area (Å²) in [6.07, 6.45) is 2.06. The predicted molar refractivity (Wildman–Crippen MR) is 261 cm³/mol. The zero-order valence-corrected chi connectivity index (χ0v) is 39.3. The van der Waals surface area contributed by atoms with Crippen LogP contribution in [0.25, 0.3) is 22.5 Å². The van der Waals surface area contributed by atoms with Crippen LogP contribution in [0.4, 0.5) is 10.3 Å². The zero-order valence-electron chi connectivity index (χ0n) is 36.1. The lowest BCUT2D eigenvalue weighted by Crippen LogP contribution is -2.24. The van der Waals surface area contributed by atoms with Crippen LogP contribution in [0.1, 0.15) is 85.6 Å². The fraction of sp³-hybridized carbons (Fsp3) is 0.234. The quantitative estimate of drug-likeness (QED) is 0.0246. The average Bonchev–Trinajstić information content (AvgIpc) is 3.97. The van der Waals surface area contributed by atoms with Crippen molar-refractivity contribution in [1.82, 2.24) is 9.97 Å². The highest BCUT2D eigenvalue weighted by Crippen LogP contribution is 2.31. The van der Waals surface area contributed by atoms with E-state index in [9.17, 15) is 24.0 Å². The first-order valence-corrected chi connectivity index (χ1v) is 21.9. The van der Waals surface area contributed by atoms with Crippen molar-refractivity contribution in [3.05, 3.63) is 140 Å². The van der Waals surface area contributed by atoms with Crippen LogP contribution in [-0.2, 0) is 28.5 Å². The van der Waals surface area contributed by atoms with E-state index in [0.717, 1.165) is 22.5 Å². The maximum atomic E-state index is 12.4. The summed E-state index contributed by atoms with van der Waals surface area (Å²) < 4.78 is 19.7. The second-order valence-corrected chi connectivity index (χ2v) is 17.8. The molecule has 6 rings (SSSR count). The van der Waals surface area contributed by atoms with Gasteiger partial charge in [0, 0.05) is 43.1 Å². The third-order valence-electron chi connectivity index (χ3n) is 8.27. The maximum absolute atomic E-state index is 12.4. The van der Waals surface area contributed by atoms with Gasteiger partial charge in [0.25, 0.3) is 0 Å². The van der Waals surface area contributed by atoms with Crippen molar-refractivity contribution >= 4 is 92.5 Å². The fourth-order valence-corrected chi connectivity index (χ4v) is 6.60. The Morgan fingerprint density at radius 2 is 1.05 bits per heavy atom. The molecule has 6 aromatic rings. The number of nitrogens with zero attached hydrogens (tertiary/aromatic N) is 3. The van der Waals surface area contributed by atoms with E-state index in [0.29, 0.717) is 37.7 Å². The molecule has 0 saturated carbocycles. The Balaban J connectivity index is 0.000000288. The topological polar surface area (TPSA) is 210 Å². The number of benzene rings is 4. The molecule has 0 amide bonds. The monoisotopic (exact) mass is 976 g/mol. The number of nitrogen functional groups attached to an aromatic ring is 1. The normalized spacial score (nSPS) is 10.7. The van der Waals surface area contributed by atoms with Crippen molar-refractivity contribution in [2.45, 2.75) is 49.0 Å². The largest absolute Gasteiger partial charge is 0.427 e. The van der Waals surface area contributed by atoms with Gasteiger partial charge in [-0.2, -0.15) is 5.10 Å². The molecular weight excluding hydrogens is 928 g/mol. The predicted octanol–water partition coefficient (Wildman–Crippen LogP) is 11.2.